The van der Waals surface area contributed by atoms with Gasteiger partial charge in [-0.15, -0.1) is 0 Å². The summed E-state index contributed by atoms with van der Waals surface area (Å²) in [5, 5.41) is 6.78. The predicted octanol–water partition coefficient (Wildman–Crippen LogP) is 3.91. The third-order valence-corrected chi connectivity index (χ3v) is 3.51. The van der Waals surface area contributed by atoms with Gasteiger partial charge in [0.2, 0.25) is 17.6 Å². The monoisotopic (exact) mass is 325 g/mol. The van der Waals surface area contributed by atoms with Gasteiger partial charge < -0.3 is 14.3 Å². The summed E-state index contributed by atoms with van der Waals surface area (Å²) < 4.78 is 10.4. The first-order valence-corrected chi connectivity index (χ1v) is 7.85. The Balaban J connectivity index is 1.48. The lowest BCUT2D eigenvalue weighted by Gasteiger charge is -2.07. The minimum atomic E-state index is -0.0224. The van der Waals surface area contributed by atoms with Crippen molar-refractivity contribution in [2.45, 2.75) is 33.1 Å². The molecule has 24 heavy (non-hydrogen) atoms. The van der Waals surface area contributed by atoms with E-state index < -0.39 is 0 Å². The van der Waals surface area contributed by atoms with Gasteiger partial charge in [0, 0.05) is 18.5 Å². The lowest BCUT2D eigenvalue weighted by molar-refractivity contribution is -0.116. The van der Waals surface area contributed by atoms with Gasteiger partial charge in [-0.3, -0.25) is 4.79 Å². The van der Waals surface area contributed by atoms with Crippen molar-refractivity contribution in [3.05, 3.63) is 53.6 Å². The molecular formula is C18H19N3O3. The Morgan fingerprint density at radius 3 is 2.71 bits per heavy atom. The molecular weight excluding hydrogens is 306 g/mol. The second-order valence-electron chi connectivity index (χ2n) is 5.77. The number of benzene rings is 1. The molecule has 0 saturated carbocycles. The third kappa shape index (κ3) is 4.10. The molecule has 0 fully saturated rings. The summed E-state index contributed by atoms with van der Waals surface area (Å²) in [5.74, 6) is 1.47. The number of furan rings is 1. The number of nitrogens with zero attached hydrogens (tertiary/aromatic N) is 2. The van der Waals surface area contributed by atoms with E-state index in [0.29, 0.717) is 36.7 Å². The Morgan fingerprint density at radius 1 is 1.21 bits per heavy atom. The van der Waals surface area contributed by atoms with Crippen LogP contribution in [-0.2, 0) is 11.2 Å². The molecule has 0 bridgehead atoms. The molecule has 1 N–H and O–H groups in total. The fraction of sp³-hybridized carbons (Fsp3) is 0.278. The maximum Gasteiger partial charge on any atom is 0.238 e. The number of carbonyl (C=O) groups excluding carboxylic acids is 1. The van der Waals surface area contributed by atoms with Crippen LogP contribution in [0.2, 0.25) is 0 Å². The smallest absolute Gasteiger partial charge is 0.238 e. The Morgan fingerprint density at radius 2 is 2.00 bits per heavy atom. The van der Waals surface area contributed by atoms with E-state index in [0.717, 1.165) is 16.8 Å². The van der Waals surface area contributed by atoms with E-state index in [4.69, 9.17) is 8.94 Å². The van der Waals surface area contributed by atoms with Gasteiger partial charge in [-0.25, -0.2) is 0 Å². The van der Waals surface area contributed by atoms with E-state index in [9.17, 15) is 4.79 Å². The second kappa shape index (κ2) is 7.12. The Bertz CT molecular complexity index is 802. The maximum atomic E-state index is 12.0. The Labute approximate surface area is 139 Å². The molecule has 0 radical (unpaired) electrons. The van der Waals surface area contributed by atoms with Crippen molar-refractivity contribution in [2.24, 2.45) is 0 Å². The van der Waals surface area contributed by atoms with Crippen molar-refractivity contribution in [1.29, 1.82) is 0 Å². The van der Waals surface area contributed by atoms with E-state index in [1.54, 1.807) is 18.4 Å². The first-order chi connectivity index (χ1) is 11.6. The van der Waals surface area contributed by atoms with Gasteiger partial charge in [0.1, 0.15) is 0 Å². The van der Waals surface area contributed by atoms with Crippen LogP contribution >= 0.6 is 0 Å². The summed E-state index contributed by atoms with van der Waals surface area (Å²) in [7, 11) is 0. The lowest BCUT2D eigenvalue weighted by atomic mass is 10.1. The molecule has 3 rings (SSSR count). The number of anilines is 1. The molecule has 1 aromatic carbocycles. The van der Waals surface area contributed by atoms with E-state index in [1.165, 1.54) is 0 Å². The van der Waals surface area contributed by atoms with Crippen molar-refractivity contribution >= 4 is 11.6 Å². The predicted molar refractivity (Wildman–Crippen MR) is 89.5 cm³/mol. The van der Waals surface area contributed by atoms with Crippen molar-refractivity contribution in [3.63, 3.8) is 0 Å². The van der Waals surface area contributed by atoms with Gasteiger partial charge in [-0.1, -0.05) is 11.2 Å². The molecule has 0 aliphatic heterocycles. The summed E-state index contributed by atoms with van der Waals surface area (Å²) in [6.07, 6.45) is 3.14. The highest BCUT2D eigenvalue weighted by Gasteiger charge is 2.11. The minimum absolute atomic E-state index is 0.0224. The summed E-state index contributed by atoms with van der Waals surface area (Å²) in [6.45, 7) is 4.02. The lowest BCUT2D eigenvalue weighted by Crippen LogP contribution is -2.11. The van der Waals surface area contributed by atoms with Crippen LogP contribution in [0.25, 0.3) is 11.6 Å². The van der Waals surface area contributed by atoms with Crippen molar-refractivity contribution in [2.75, 3.05) is 5.32 Å². The zero-order chi connectivity index (χ0) is 16.9. The first kappa shape index (κ1) is 16.0. The largest absolute Gasteiger partial charge is 0.461 e. The van der Waals surface area contributed by atoms with Crippen LogP contribution in [0.3, 0.4) is 0 Å². The number of rotatable bonds is 6. The number of carbonyl (C=O) groups is 1. The third-order valence-electron chi connectivity index (χ3n) is 3.51. The molecule has 0 aliphatic carbocycles. The van der Waals surface area contributed by atoms with Crippen LogP contribution < -0.4 is 5.32 Å². The molecule has 6 heteroatoms. The molecule has 0 saturated heterocycles. The molecule has 2 aromatic heterocycles. The summed E-state index contributed by atoms with van der Waals surface area (Å²) >= 11 is 0. The van der Waals surface area contributed by atoms with Crippen molar-refractivity contribution < 1.29 is 13.7 Å². The number of amides is 1. The van der Waals surface area contributed by atoms with Gasteiger partial charge in [0.15, 0.2) is 5.76 Å². The van der Waals surface area contributed by atoms with Gasteiger partial charge in [0.25, 0.3) is 0 Å². The zero-order valence-corrected chi connectivity index (χ0v) is 13.7. The molecule has 0 atom stereocenters. The number of aryl methyl sites for hydroxylation is 3. The summed E-state index contributed by atoms with van der Waals surface area (Å²) in [5.41, 5.74) is 3.08. The molecule has 124 valence electrons. The Kier molecular flexibility index (Phi) is 4.74. The van der Waals surface area contributed by atoms with Crippen LogP contribution in [0, 0.1) is 13.8 Å². The summed E-state index contributed by atoms with van der Waals surface area (Å²) in [4.78, 5) is 16.3. The highest BCUT2D eigenvalue weighted by molar-refractivity contribution is 5.90. The van der Waals surface area contributed by atoms with E-state index in [2.05, 4.69) is 21.5 Å². The van der Waals surface area contributed by atoms with Crippen molar-refractivity contribution in [1.82, 2.24) is 10.1 Å². The van der Waals surface area contributed by atoms with Crippen LogP contribution in [-0.4, -0.2) is 16.0 Å². The van der Waals surface area contributed by atoms with Crippen LogP contribution in [0.1, 0.15) is 29.9 Å². The van der Waals surface area contributed by atoms with Crippen LogP contribution in [0.15, 0.2) is 45.5 Å². The molecule has 2 heterocycles. The highest BCUT2D eigenvalue weighted by Crippen LogP contribution is 2.17. The number of hydrogen-bond acceptors (Lipinski definition) is 5. The van der Waals surface area contributed by atoms with E-state index in [-0.39, 0.29) is 5.91 Å². The fourth-order valence-corrected chi connectivity index (χ4v) is 2.53. The second-order valence-corrected chi connectivity index (χ2v) is 5.77. The van der Waals surface area contributed by atoms with Gasteiger partial charge >= 0.3 is 0 Å². The van der Waals surface area contributed by atoms with Crippen molar-refractivity contribution in [3.8, 4) is 11.6 Å². The topological polar surface area (TPSA) is 81.2 Å². The molecule has 0 aliphatic rings. The maximum absolute atomic E-state index is 12.0. The standard InChI is InChI=1S/C18H19N3O3/c1-12-9-13(2)11-14(10-12)19-16(22)6-3-7-17-20-18(21-24-17)15-5-4-8-23-15/h4-5,8-11H,3,6-7H2,1-2H3,(H,19,22). The average molecular weight is 325 g/mol. The summed E-state index contributed by atoms with van der Waals surface area (Å²) in [6, 6.07) is 9.52. The number of nitrogens with one attached hydrogen (secondary N) is 1. The van der Waals surface area contributed by atoms with Gasteiger partial charge in [0.05, 0.1) is 6.26 Å². The van der Waals surface area contributed by atoms with E-state index >= 15 is 0 Å². The quantitative estimate of drug-likeness (QED) is 0.743. The number of hydrogen-bond donors (Lipinski definition) is 1. The average Bonchev–Trinajstić information content (AvgIpc) is 3.17. The first-order valence-electron chi connectivity index (χ1n) is 7.85. The molecule has 0 unspecified atom stereocenters. The minimum Gasteiger partial charge on any atom is -0.461 e. The van der Waals surface area contributed by atoms with E-state index in [1.807, 2.05) is 26.0 Å². The zero-order valence-electron chi connectivity index (χ0n) is 13.7. The molecule has 1 amide bonds. The normalized spacial score (nSPS) is 10.8. The highest BCUT2D eigenvalue weighted by atomic mass is 16.5. The van der Waals surface area contributed by atoms with Crippen LogP contribution in [0.4, 0.5) is 5.69 Å². The molecule has 6 nitrogen and oxygen atoms in total. The SMILES string of the molecule is Cc1cc(C)cc(NC(=O)CCCc2nc(-c3ccco3)no2)c1. The molecule has 3 aromatic rings. The van der Waals surface area contributed by atoms with Gasteiger partial charge in [-0.05, 0) is 55.7 Å². The van der Waals surface area contributed by atoms with Gasteiger partial charge in [-0.2, -0.15) is 4.98 Å². The van der Waals surface area contributed by atoms with Crippen LogP contribution in [0.5, 0.6) is 0 Å². The fourth-order valence-electron chi connectivity index (χ4n) is 2.53. The number of aromatic nitrogens is 2. The molecule has 0 spiro atoms. The Hall–Kier alpha value is -2.89.